The lowest BCUT2D eigenvalue weighted by molar-refractivity contribution is -0.123. The van der Waals surface area contributed by atoms with E-state index in [-0.39, 0.29) is 5.91 Å². The van der Waals surface area contributed by atoms with Gasteiger partial charge in [-0.3, -0.25) is 9.48 Å². The maximum Gasteiger partial charge on any atom is 0.251 e. The van der Waals surface area contributed by atoms with Crippen LogP contribution in [-0.2, 0) is 23.2 Å². The highest BCUT2D eigenvalue weighted by molar-refractivity contribution is 14.1. The van der Waals surface area contributed by atoms with Crippen molar-refractivity contribution in [1.29, 1.82) is 5.26 Å². The van der Waals surface area contributed by atoms with Crippen LogP contribution < -0.4 is 5.32 Å². The highest BCUT2D eigenvalue weighted by Gasteiger charge is 2.32. The van der Waals surface area contributed by atoms with E-state index in [0.717, 1.165) is 50.8 Å². The molecule has 0 atom stereocenters. The molecule has 1 N–H and O–H groups in total. The second kappa shape index (κ2) is 6.20. The van der Waals surface area contributed by atoms with E-state index in [1.807, 2.05) is 33.0 Å². The van der Waals surface area contributed by atoms with E-state index in [2.05, 4.69) is 39.1 Å². The molecule has 0 unspecified atom stereocenters. The van der Waals surface area contributed by atoms with Gasteiger partial charge in [0.15, 0.2) is 0 Å². The van der Waals surface area contributed by atoms with E-state index in [1.165, 1.54) is 0 Å². The van der Waals surface area contributed by atoms with Gasteiger partial charge in [-0.1, -0.05) is 0 Å². The predicted molar refractivity (Wildman–Crippen MR) is 101 cm³/mol. The molecule has 0 fully saturated rings. The monoisotopic (exact) mass is 434 g/mol. The summed E-state index contributed by atoms with van der Waals surface area (Å²) in [6, 6.07) is 4.16. The van der Waals surface area contributed by atoms with Crippen molar-refractivity contribution in [2.24, 2.45) is 0 Å². The fourth-order valence-corrected chi connectivity index (χ4v) is 3.57. The molecule has 1 aromatic heterocycles. The Bertz CT molecular complexity index is 861. The molecule has 24 heavy (non-hydrogen) atoms. The van der Waals surface area contributed by atoms with Gasteiger partial charge in [0.2, 0.25) is 0 Å². The molecule has 3 rings (SSSR count). The quantitative estimate of drug-likeness (QED) is 0.752. The lowest BCUT2D eigenvalue weighted by atomic mass is 9.97. The van der Waals surface area contributed by atoms with E-state index >= 15 is 0 Å². The van der Waals surface area contributed by atoms with Crippen LogP contribution in [0.1, 0.15) is 42.5 Å². The summed E-state index contributed by atoms with van der Waals surface area (Å²) in [4.78, 5) is 12.9. The Labute approximate surface area is 155 Å². The van der Waals surface area contributed by atoms with Gasteiger partial charge in [0.05, 0.1) is 21.4 Å². The number of fused-ring (bicyclic) bond motifs is 1. The van der Waals surface area contributed by atoms with E-state index < -0.39 is 5.54 Å². The van der Waals surface area contributed by atoms with Gasteiger partial charge in [0, 0.05) is 11.9 Å². The van der Waals surface area contributed by atoms with Gasteiger partial charge in [0.25, 0.3) is 5.91 Å². The molecule has 0 aliphatic heterocycles. The van der Waals surface area contributed by atoms with Crippen LogP contribution in [0.25, 0.3) is 0 Å². The summed E-state index contributed by atoms with van der Waals surface area (Å²) in [5, 5.41) is 16.7. The molecule has 124 valence electrons. The first-order valence-electron chi connectivity index (χ1n) is 7.92. The van der Waals surface area contributed by atoms with Crippen LogP contribution in [0.3, 0.4) is 0 Å². The molecule has 0 radical (unpaired) electrons. The molecule has 1 aromatic carbocycles. The van der Waals surface area contributed by atoms with Crippen molar-refractivity contribution in [2.75, 3.05) is 5.32 Å². The molecular formula is C18H19IN4O. The van der Waals surface area contributed by atoms with Gasteiger partial charge in [-0.25, -0.2) is 0 Å². The summed E-state index contributed by atoms with van der Waals surface area (Å²) in [7, 11) is 0. The first-order valence-corrected chi connectivity index (χ1v) is 9.00. The molecule has 0 spiro atoms. The number of aryl methyl sites for hydroxylation is 1. The molecule has 1 aliphatic carbocycles. The molecule has 1 aliphatic rings. The van der Waals surface area contributed by atoms with Crippen LogP contribution >= 0.6 is 22.6 Å². The normalized spacial score (nSPS) is 13.5. The fourth-order valence-electron chi connectivity index (χ4n) is 3.18. The largest absolute Gasteiger partial charge is 0.323 e. The molecule has 1 heterocycles. The van der Waals surface area contributed by atoms with Gasteiger partial charge < -0.3 is 5.32 Å². The van der Waals surface area contributed by atoms with Crippen LogP contribution in [0.5, 0.6) is 0 Å². The van der Waals surface area contributed by atoms with Crippen molar-refractivity contribution < 1.29 is 4.79 Å². The van der Waals surface area contributed by atoms with E-state index in [0.29, 0.717) is 0 Å². The molecule has 2 aromatic rings. The first kappa shape index (κ1) is 17.0. The number of nitrogens with one attached hydrogen (secondary N) is 1. The summed E-state index contributed by atoms with van der Waals surface area (Å²) in [6.45, 7) is 5.65. The zero-order chi connectivity index (χ0) is 17.5. The summed E-state index contributed by atoms with van der Waals surface area (Å²) < 4.78 is 2.67. The maximum atomic E-state index is 12.9. The van der Waals surface area contributed by atoms with Crippen LogP contribution in [0.15, 0.2) is 18.5 Å². The van der Waals surface area contributed by atoms with Crippen molar-refractivity contribution in [1.82, 2.24) is 9.78 Å². The number of carbonyl (C=O) groups excluding carboxylic acids is 1. The minimum absolute atomic E-state index is 0.107. The minimum atomic E-state index is -0.796. The molecule has 6 heteroatoms. The number of aromatic nitrogens is 2. The Morgan fingerprint density at radius 2 is 2.12 bits per heavy atom. The standard InChI is InChI=1S/C18H19IN4O/c1-11-7-12(8-20)14-5-4-6-15(14)16(11)22-17(24)18(2,3)23-10-13(19)9-21-23/h7,9-10H,4-6H2,1-3H3,(H,22,24). The Morgan fingerprint density at radius 3 is 2.75 bits per heavy atom. The molecular weight excluding hydrogens is 415 g/mol. The van der Waals surface area contributed by atoms with Gasteiger partial charge in [0.1, 0.15) is 5.54 Å². The molecule has 1 amide bonds. The van der Waals surface area contributed by atoms with Crippen LogP contribution in [0.2, 0.25) is 0 Å². The smallest absolute Gasteiger partial charge is 0.251 e. The highest BCUT2D eigenvalue weighted by atomic mass is 127. The average molecular weight is 434 g/mol. The molecule has 0 saturated carbocycles. The van der Waals surface area contributed by atoms with E-state index in [9.17, 15) is 10.1 Å². The predicted octanol–water partition coefficient (Wildman–Crippen LogP) is 3.53. The number of benzene rings is 1. The van der Waals surface area contributed by atoms with E-state index in [4.69, 9.17) is 0 Å². The Hall–Kier alpha value is -1.88. The average Bonchev–Trinajstić information content (AvgIpc) is 3.18. The van der Waals surface area contributed by atoms with Gasteiger partial charge >= 0.3 is 0 Å². The van der Waals surface area contributed by atoms with Crippen molar-refractivity contribution in [3.63, 3.8) is 0 Å². The highest BCUT2D eigenvalue weighted by Crippen LogP contribution is 2.35. The number of rotatable bonds is 3. The Balaban J connectivity index is 1.96. The number of hydrogen-bond donors (Lipinski definition) is 1. The summed E-state index contributed by atoms with van der Waals surface area (Å²) in [5.41, 5.74) is 3.94. The minimum Gasteiger partial charge on any atom is -0.323 e. The number of amides is 1. The topological polar surface area (TPSA) is 70.7 Å². The SMILES string of the molecule is Cc1cc(C#N)c2c(c1NC(=O)C(C)(C)n1cc(I)cn1)CCC2. The molecule has 0 bridgehead atoms. The Morgan fingerprint density at radius 1 is 1.42 bits per heavy atom. The number of nitriles is 1. The lowest BCUT2D eigenvalue weighted by Gasteiger charge is -2.25. The third-order valence-corrected chi connectivity index (χ3v) is 5.20. The number of nitrogens with zero attached hydrogens (tertiary/aromatic N) is 3. The Kier molecular flexibility index (Phi) is 4.38. The van der Waals surface area contributed by atoms with Gasteiger partial charge in [-0.05, 0) is 85.4 Å². The fraction of sp³-hybridized carbons (Fsp3) is 0.389. The second-order valence-corrected chi connectivity index (χ2v) is 7.90. The van der Waals surface area contributed by atoms with Gasteiger partial charge in [-0.2, -0.15) is 10.4 Å². The van der Waals surface area contributed by atoms with Crippen molar-refractivity contribution in [2.45, 2.75) is 45.6 Å². The van der Waals surface area contributed by atoms with Crippen LogP contribution in [0, 0.1) is 21.8 Å². The second-order valence-electron chi connectivity index (χ2n) is 6.65. The van der Waals surface area contributed by atoms with Crippen LogP contribution in [-0.4, -0.2) is 15.7 Å². The molecule has 0 saturated heterocycles. The molecule has 5 nitrogen and oxygen atoms in total. The van der Waals surface area contributed by atoms with Gasteiger partial charge in [-0.15, -0.1) is 0 Å². The van der Waals surface area contributed by atoms with Crippen molar-refractivity contribution in [3.05, 3.63) is 44.3 Å². The van der Waals surface area contributed by atoms with Crippen molar-refractivity contribution in [3.8, 4) is 6.07 Å². The first-order chi connectivity index (χ1) is 11.3. The summed E-state index contributed by atoms with van der Waals surface area (Å²) in [5.74, 6) is -0.107. The summed E-state index contributed by atoms with van der Waals surface area (Å²) in [6.07, 6.45) is 6.43. The summed E-state index contributed by atoms with van der Waals surface area (Å²) >= 11 is 2.18. The lowest BCUT2D eigenvalue weighted by Crippen LogP contribution is -2.41. The zero-order valence-electron chi connectivity index (χ0n) is 14.0. The van der Waals surface area contributed by atoms with E-state index in [1.54, 1.807) is 10.9 Å². The maximum absolute atomic E-state index is 12.9. The number of hydrogen-bond acceptors (Lipinski definition) is 3. The number of anilines is 1. The number of halogens is 1. The zero-order valence-corrected chi connectivity index (χ0v) is 16.1. The van der Waals surface area contributed by atoms with Crippen LogP contribution in [0.4, 0.5) is 5.69 Å². The third-order valence-electron chi connectivity index (χ3n) is 4.64. The third kappa shape index (κ3) is 2.81. The van der Waals surface area contributed by atoms with Crippen molar-refractivity contribution >= 4 is 34.2 Å². The number of carbonyl (C=O) groups is 1.